The Morgan fingerprint density at radius 3 is 2.36 bits per heavy atom. The highest BCUT2D eigenvalue weighted by molar-refractivity contribution is 5.90. The van der Waals surface area contributed by atoms with Crippen LogP contribution in [0.3, 0.4) is 0 Å². The molecule has 0 aromatic heterocycles. The van der Waals surface area contributed by atoms with E-state index in [-0.39, 0.29) is 5.56 Å². The highest BCUT2D eigenvalue weighted by Crippen LogP contribution is 2.25. The first-order valence-electron chi connectivity index (χ1n) is 6.38. The standard InChI is InChI=1S/C13H16O9/c14-6-2-1-5(3-7(6)15)12(19)21-4-8-9(16)10(17)11(18)13(20)22-8/h1-3,8-11,13-18,20H,4H2/t8-,9-,10+,11-,13?/m1/s1. The lowest BCUT2D eigenvalue weighted by Gasteiger charge is -2.37. The van der Waals surface area contributed by atoms with Crippen molar-refractivity contribution in [3.05, 3.63) is 23.8 Å². The summed E-state index contributed by atoms with van der Waals surface area (Å²) in [5.41, 5.74) is -0.0540. The quantitative estimate of drug-likeness (QED) is 0.275. The highest BCUT2D eigenvalue weighted by atomic mass is 16.6. The van der Waals surface area contributed by atoms with Crippen molar-refractivity contribution >= 4 is 5.97 Å². The fourth-order valence-corrected chi connectivity index (χ4v) is 1.96. The summed E-state index contributed by atoms with van der Waals surface area (Å²) in [6, 6.07) is 3.30. The van der Waals surface area contributed by atoms with Crippen LogP contribution >= 0.6 is 0 Å². The average Bonchev–Trinajstić information content (AvgIpc) is 2.49. The van der Waals surface area contributed by atoms with E-state index in [0.29, 0.717) is 0 Å². The molecule has 1 saturated heterocycles. The number of hydrogen-bond donors (Lipinski definition) is 6. The van der Waals surface area contributed by atoms with Crippen LogP contribution in [0.25, 0.3) is 0 Å². The van der Waals surface area contributed by atoms with Gasteiger partial charge in [0.15, 0.2) is 17.8 Å². The molecule has 0 saturated carbocycles. The van der Waals surface area contributed by atoms with Crippen LogP contribution in [0.4, 0.5) is 0 Å². The van der Waals surface area contributed by atoms with E-state index in [1.807, 2.05) is 0 Å². The Morgan fingerprint density at radius 2 is 1.73 bits per heavy atom. The summed E-state index contributed by atoms with van der Waals surface area (Å²) in [4.78, 5) is 11.8. The Hall–Kier alpha value is -1.91. The number of esters is 1. The SMILES string of the molecule is O=C(OC[C@H]1OC(O)[C@H](O)[C@@H](O)[C@@H]1O)c1ccc(O)c(O)c1. The number of carbonyl (C=O) groups excluding carboxylic acids is 1. The number of phenols is 2. The van der Waals surface area contributed by atoms with Gasteiger partial charge in [0.2, 0.25) is 0 Å². The van der Waals surface area contributed by atoms with Gasteiger partial charge in [-0.1, -0.05) is 0 Å². The third-order valence-electron chi connectivity index (χ3n) is 3.28. The summed E-state index contributed by atoms with van der Waals surface area (Å²) >= 11 is 0. The van der Waals surface area contributed by atoms with E-state index in [4.69, 9.17) is 14.6 Å². The number of rotatable bonds is 3. The summed E-state index contributed by atoms with van der Waals surface area (Å²) in [5.74, 6) is -1.78. The van der Waals surface area contributed by atoms with Gasteiger partial charge in [-0.3, -0.25) is 0 Å². The third kappa shape index (κ3) is 3.29. The van der Waals surface area contributed by atoms with Crippen LogP contribution in [0.1, 0.15) is 10.4 Å². The number of ether oxygens (including phenoxy) is 2. The maximum absolute atomic E-state index is 11.8. The van der Waals surface area contributed by atoms with Gasteiger partial charge in [-0.25, -0.2) is 4.79 Å². The van der Waals surface area contributed by atoms with Gasteiger partial charge in [-0.05, 0) is 18.2 Å². The van der Waals surface area contributed by atoms with Crippen molar-refractivity contribution < 1.29 is 44.9 Å². The predicted octanol–water partition coefficient (Wildman–Crippen LogP) is -1.95. The Labute approximate surface area is 124 Å². The van der Waals surface area contributed by atoms with Crippen LogP contribution in [0, 0.1) is 0 Å². The molecule has 0 radical (unpaired) electrons. The minimum Gasteiger partial charge on any atom is -0.504 e. The first-order valence-corrected chi connectivity index (χ1v) is 6.38. The molecule has 1 heterocycles. The zero-order valence-corrected chi connectivity index (χ0v) is 11.2. The van der Waals surface area contributed by atoms with Crippen LogP contribution in [-0.2, 0) is 9.47 Å². The van der Waals surface area contributed by atoms with Gasteiger partial charge >= 0.3 is 5.97 Å². The minimum absolute atomic E-state index is 0.0540. The molecule has 1 unspecified atom stereocenters. The molecular formula is C13H16O9. The van der Waals surface area contributed by atoms with Crippen molar-refractivity contribution in [1.29, 1.82) is 0 Å². The molecule has 0 aliphatic carbocycles. The van der Waals surface area contributed by atoms with Crippen molar-refractivity contribution in [3.63, 3.8) is 0 Å². The second-order valence-electron chi connectivity index (χ2n) is 4.84. The second-order valence-corrected chi connectivity index (χ2v) is 4.84. The molecule has 1 aliphatic rings. The fraction of sp³-hybridized carbons (Fsp3) is 0.462. The summed E-state index contributed by atoms with van der Waals surface area (Å²) in [7, 11) is 0. The Balaban J connectivity index is 1.97. The van der Waals surface area contributed by atoms with E-state index < -0.39 is 54.8 Å². The van der Waals surface area contributed by atoms with Gasteiger partial charge < -0.3 is 40.1 Å². The van der Waals surface area contributed by atoms with Crippen molar-refractivity contribution in [2.75, 3.05) is 6.61 Å². The number of aromatic hydroxyl groups is 2. The molecule has 9 heteroatoms. The van der Waals surface area contributed by atoms with Crippen LogP contribution in [-0.4, -0.2) is 73.9 Å². The molecule has 9 nitrogen and oxygen atoms in total. The summed E-state index contributed by atoms with van der Waals surface area (Å²) < 4.78 is 9.68. The Kier molecular flexibility index (Phi) is 4.84. The van der Waals surface area contributed by atoms with Crippen molar-refractivity contribution in [2.45, 2.75) is 30.7 Å². The highest BCUT2D eigenvalue weighted by Gasteiger charge is 2.43. The molecule has 0 amide bonds. The van der Waals surface area contributed by atoms with Crippen LogP contribution in [0.5, 0.6) is 11.5 Å². The maximum atomic E-state index is 11.8. The number of aliphatic hydroxyl groups excluding tert-OH is 4. The van der Waals surface area contributed by atoms with Gasteiger partial charge in [-0.2, -0.15) is 0 Å². The third-order valence-corrected chi connectivity index (χ3v) is 3.28. The lowest BCUT2D eigenvalue weighted by Crippen LogP contribution is -2.58. The molecule has 0 bridgehead atoms. The van der Waals surface area contributed by atoms with E-state index in [9.17, 15) is 30.3 Å². The number of hydrogen-bond acceptors (Lipinski definition) is 9. The number of benzene rings is 1. The van der Waals surface area contributed by atoms with Gasteiger partial charge in [0.05, 0.1) is 5.56 Å². The van der Waals surface area contributed by atoms with Gasteiger partial charge in [0.1, 0.15) is 31.0 Å². The molecule has 1 aromatic rings. The molecule has 6 N–H and O–H groups in total. The predicted molar refractivity (Wildman–Crippen MR) is 69.0 cm³/mol. The molecule has 2 rings (SSSR count). The zero-order valence-electron chi connectivity index (χ0n) is 11.2. The Bertz CT molecular complexity index is 546. The van der Waals surface area contributed by atoms with Gasteiger partial charge in [-0.15, -0.1) is 0 Å². The van der Waals surface area contributed by atoms with Crippen LogP contribution < -0.4 is 0 Å². The molecule has 1 aliphatic heterocycles. The smallest absolute Gasteiger partial charge is 0.338 e. The van der Waals surface area contributed by atoms with Crippen molar-refractivity contribution in [2.24, 2.45) is 0 Å². The second kappa shape index (κ2) is 6.46. The minimum atomic E-state index is -1.72. The molecule has 1 fully saturated rings. The maximum Gasteiger partial charge on any atom is 0.338 e. The molecule has 1 aromatic carbocycles. The Morgan fingerprint density at radius 1 is 1.05 bits per heavy atom. The van der Waals surface area contributed by atoms with Crippen molar-refractivity contribution in [3.8, 4) is 11.5 Å². The molecule has 0 spiro atoms. The van der Waals surface area contributed by atoms with E-state index in [2.05, 4.69) is 0 Å². The van der Waals surface area contributed by atoms with E-state index in [1.165, 1.54) is 6.07 Å². The number of phenolic OH excluding ortho intramolecular Hbond substituents is 2. The first-order chi connectivity index (χ1) is 10.3. The normalized spacial score (nSPS) is 31.7. The number of aliphatic hydroxyl groups is 4. The number of carbonyl (C=O) groups is 1. The monoisotopic (exact) mass is 316 g/mol. The van der Waals surface area contributed by atoms with Crippen molar-refractivity contribution in [1.82, 2.24) is 0 Å². The van der Waals surface area contributed by atoms with E-state index in [0.717, 1.165) is 12.1 Å². The van der Waals surface area contributed by atoms with Crippen LogP contribution in [0.15, 0.2) is 18.2 Å². The lowest BCUT2D eigenvalue weighted by molar-refractivity contribution is -0.286. The largest absolute Gasteiger partial charge is 0.504 e. The molecule has 5 atom stereocenters. The van der Waals surface area contributed by atoms with Gasteiger partial charge in [0, 0.05) is 0 Å². The first kappa shape index (κ1) is 16.5. The summed E-state index contributed by atoms with van der Waals surface area (Å²) in [5, 5.41) is 56.2. The van der Waals surface area contributed by atoms with E-state index >= 15 is 0 Å². The summed E-state index contributed by atoms with van der Waals surface area (Å²) in [6.07, 6.45) is -7.83. The van der Waals surface area contributed by atoms with Gasteiger partial charge in [0.25, 0.3) is 0 Å². The average molecular weight is 316 g/mol. The molecule has 22 heavy (non-hydrogen) atoms. The fourth-order valence-electron chi connectivity index (χ4n) is 1.96. The van der Waals surface area contributed by atoms with Crippen LogP contribution in [0.2, 0.25) is 0 Å². The topological polar surface area (TPSA) is 157 Å². The molecular weight excluding hydrogens is 300 g/mol. The lowest BCUT2D eigenvalue weighted by atomic mass is 9.99. The summed E-state index contributed by atoms with van der Waals surface area (Å²) in [6.45, 7) is -0.498. The van der Waals surface area contributed by atoms with E-state index in [1.54, 1.807) is 0 Å². The molecule has 122 valence electrons. The zero-order chi connectivity index (χ0) is 16.4.